The van der Waals surface area contributed by atoms with Crippen LogP contribution in [0, 0.1) is 5.92 Å². The predicted octanol–water partition coefficient (Wildman–Crippen LogP) is 6.14. The van der Waals surface area contributed by atoms with E-state index in [2.05, 4.69) is 5.32 Å². The van der Waals surface area contributed by atoms with E-state index in [0.29, 0.717) is 25.3 Å². The number of nitrogens with zero attached hydrogens (tertiary/aromatic N) is 1. The minimum atomic E-state index is -0.0697. The van der Waals surface area contributed by atoms with Gasteiger partial charge in [-0.2, -0.15) is 0 Å². The molecule has 3 aromatic rings. The number of methoxy groups -OCH3 is 2. The zero-order valence-electron chi connectivity index (χ0n) is 23.3. The second-order valence-corrected chi connectivity index (χ2v) is 10.3. The molecule has 1 aliphatic rings. The van der Waals surface area contributed by atoms with E-state index >= 15 is 0 Å². The molecule has 3 aromatic carbocycles. The van der Waals surface area contributed by atoms with Crippen LogP contribution in [0.4, 0.5) is 0 Å². The summed E-state index contributed by atoms with van der Waals surface area (Å²) in [5, 5.41) is 3.24. The molecule has 2 amide bonds. The van der Waals surface area contributed by atoms with Gasteiger partial charge in [0.25, 0.3) is 5.91 Å². The molecule has 0 aromatic heterocycles. The fourth-order valence-corrected chi connectivity index (χ4v) is 5.45. The van der Waals surface area contributed by atoms with Gasteiger partial charge in [0.05, 0.1) is 19.8 Å². The molecule has 1 fully saturated rings. The van der Waals surface area contributed by atoms with Gasteiger partial charge in [0, 0.05) is 31.7 Å². The molecule has 4 rings (SSSR count). The van der Waals surface area contributed by atoms with Gasteiger partial charge < -0.3 is 19.7 Å². The van der Waals surface area contributed by atoms with Crippen molar-refractivity contribution < 1.29 is 19.1 Å². The lowest BCUT2D eigenvalue weighted by atomic mass is 9.74. The van der Waals surface area contributed by atoms with Gasteiger partial charge in [-0.05, 0) is 66.6 Å². The van der Waals surface area contributed by atoms with Crippen LogP contribution in [0.1, 0.15) is 71.6 Å². The first kappa shape index (κ1) is 28.4. The van der Waals surface area contributed by atoms with Crippen LogP contribution in [0.25, 0.3) is 0 Å². The first-order valence-corrected chi connectivity index (χ1v) is 13.9. The Morgan fingerprint density at radius 3 is 2.28 bits per heavy atom. The topological polar surface area (TPSA) is 67.9 Å². The van der Waals surface area contributed by atoms with Gasteiger partial charge in [0.1, 0.15) is 5.75 Å². The van der Waals surface area contributed by atoms with Crippen molar-refractivity contribution in [3.8, 4) is 5.75 Å². The van der Waals surface area contributed by atoms with Crippen LogP contribution in [0.5, 0.6) is 5.75 Å². The molecular formula is C33H40N2O4. The Kier molecular flexibility index (Phi) is 10.1. The number of hydrogen-bond donors (Lipinski definition) is 1. The fourth-order valence-electron chi connectivity index (χ4n) is 5.45. The van der Waals surface area contributed by atoms with E-state index in [1.807, 2.05) is 90.7 Å². The number of ether oxygens (including phenoxy) is 2. The molecule has 0 saturated heterocycles. The third-order valence-corrected chi connectivity index (χ3v) is 7.73. The van der Waals surface area contributed by atoms with Crippen molar-refractivity contribution in [2.45, 2.75) is 51.1 Å². The second-order valence-electron chi connectivity index (χ2n) is 10.3. The zero-order valence-corrected chi connectivity index (χ0v) is 23.3. The van der Waals surface area contributed by atoms with Gasteiger partial charge in [0.15, 0.2) is 0 Å². The molecule has 1 saturated carbocycles. The van der Waals surface area contributed by atoms with Gasteiger partial charge in [-0.15, -0.1) is 0 Å². The molecule has 1 N–H and O–H groups in total. The summed E-state index contributed by atoms with van der Waals surface area (Å²) < 4.78 is 10.5. The molecule has 0 heterocycles. The van der Waals surface area contributed by atoms with Gasteiger partial charge >= 0.3 is 0 Å². The molecule has 6 heteroatoms. The maximum Gasteiger partial charge on any atom is 0.254 e. The summed E-state index contributed by atoms with van der Waals surface area (Å²) in [5.74, 6) is 0.938. The predicted molar refractivity (Wildman–Crippen MR) is 154 cm³/mol. The van der Waals surface area contributed by atoms with Crippen LogP contribution in [-0.4, -0.2) is 44.1 Å². The second kappa shape index (κ2) is 13.9. The number of benzene rings is 3. The molecule has 206 valence electrons. The number of rotatable bonds is 11. The Labute approximate surface area is 232 Å². The molecule has 3 atom stereocenters. The maximum absolute atomic E-state index is 13.5. The van der Waals surface area contributed by atoms with E-state index in [9.17, 15) is 9.59 Å². The molecule has 0 bridgehead atoms. The van der Waals surface area contributed by atoms with E-state index in [4.69, 9.17) is 9.47 Å². The molecule has 39 heavy (non-hydrogen) atoms. The molecule has 1 aliphatic carbocycles. The Hall–Kier alpha value is -3.64. The fraction of sp³-hybridized carbons (Fsp3) is 0.394. The van der Waals surface area contributed by atoms with Crippen LogP contribution in [0.2, 0.25) is 0 Å². The smallest absolute Gasteiger partial charge is 0.254 e. The Balaban J connectivity index is 1.45. The van der Waals surface area contributed by atoms with Crippen molar-refractivity contribution in [2.24, 2.45) is 5.92 Å². The Bertz CT molecular complexity index is 1190. The van der Waals surface area contributed by atoms with Gasteiger partial charge in [-0.3, -0.25) is 9.59 Å². The number of carbonyl (C=O) groups is 2. The maximum atomic E-state index is 13.5. The first-order chi connectivity index (χ1) is 19.0. The average Bonchev–Trinajstić information content (AvgIpc) is 2.99. The van der Waals surface area contributed by atoms with E-state index in [1.54, 1.807) is 14.2 Å². The summed E-state index contributed by atoms with van der Waals surface area (Å²) in [5.41, 5.74) is 3.89. The van der Waals surface area contributed by atoms with E-state index in [0.717, 1.165) is 48.1 Å². The van der Waals surface area contributed by atoms with Crippen molar-refractivity contribution in [3.63, 3.8) is 0 Å². The summed E-state index contributed by atoms with van der Waals surface area (Å²) in [6, 6.07) is 25.7. The Morgan fingerprint density at radius 1 is 0.923 bits per heavy atom. The van der Waals surface area contributed by atoms with Crippen molar-refractivity contribution in [1.82, 2.24) is 10.2 Å². The van der Waals surface area contributed by atoms with E-state index in [1.165, 1.54) is 0 Å². The van der Waals surface area contributed by atoms with Gasteiger partial charge in [0.2, 0.25) is 5.91 Å². The molecule has 0 radical (unpaired) electrons. The molecule has 6 nitrogen and oxygen atoms in total. The van der Waals surface area contributed by atoms with Crippen LogP contribution in [-0.2, 0) is 16.1 Å². The minimum absolute atomic E-state index is 0.0370. The van der Waals surface area contributed by atoms with Gasteiger partial charge in [-0.25, -0.2) is 0 Å². The highest BCUT2D eigenvalue weighted by atomic mass is 16.5. The third-order valence-electron chi connectivity index (χ3n) is 7.73. The zero-order chi connectivity index (χ0) is 27.6. The number of carbonyl (C=O) groups excluding carboxylic acids is 2. The van der Waals surface area contributed by atoms with Crippen LogP contribution < -0.4 is 10.1 Å². The lowest BCUT2D eigenvalue weighted by Crippen LogP contribution is -2.37. The largest absolute Gasteiger partial charge is 0.497 e. The van der Waals surface area contributed by atoms with Crippen LogP contribution in [0.15, 0.2) is 78.9 Å². The summed E-state index contributed by atoms with van der Waals surface area (Å²) >= 11 is 0. The summed E-state index contributed by atoms with van der Waals surface area (Å²) in [7, 11) is 3.28. The quantitative estimate of drug-likeness (QED) is 0.325. The number of nitrogens with one attached hydrogen (secondary N) is 1. The molecule has 0 aliphatic heterocycles. The Morgan fingerprint density at radius 2 is 1.62 bits per heavy atom. The average molecular weight is 529 g/mol. The van der Waals surface area contributed by atoms with E-state index in [-0.39, 0.29) is 29.7 Å². The summed E-state index contributed by atoms with van der Waals surface area (Å²) in [6.45, 7) is 3.47. The van der Waals surface area contributed by atoms with Gasteiger partial charge in [-0.1, -0.05) is 67.4 Å². The minimum Gasteiger partial charge on any atom is -0.497 e. The number of amides is 2. The summed E-state index contributed by atoms with van der Waals surface area (Å²) in [4.78, 5) is 28.6. The molecule has 0 spiro atoms. The highest BCUT2D eigenvalue weighted by Gasteiger charge is 2.32. The molecular weight excluding hydrogens is 488 g/mol. The monoisotopic (exact) mass is 528 g/mol. The highest BCUT2D eigenvalue weighted by Crippen LogP contribution is 2.38. The van der Waals surface area contributed by atoms with Crippen molar-refractivity contribution in [3.05, 3.63) is 101 Å². The van der Waals surface area contributed by atoms with Crippen molar-refractivity contribution in [2.75, 3.05) is 27.4 Å². The normalized spacial score (nSPS) is 17.7. The lowest BCUT2D eigenvalue weighted by molar-refractivity contribution is -0.127. The summed E-state index contributed by atoms with van der Waals surface area (Å²) in [6.07, 6.45) is 4.02. The third kappa shape index (κ3) is 7.48. The first-order valence-electron chi connectivity index (χ1n) is 13.9. The standard InChI is InChI=1S/C33H40N2O4/c1-24(26-9-5-4-6-10-26)34-32(36)31-12-8-7-11-30(31)27-15-17-28(18-16-27)33(37)35(21-22-38-2)23-25-13-19-29(39-3)20-14-25/h4-6,9-10,13-20,24,30-31H,7-8,11-12,21-23H2,1-3H3,(H,34,36)/t24-,30+,31-/m0/s1. The molecule has 0 unspecified atom stereocenters. The highest BCUT2D eigenvalue weighted by molar-refractivity contribution is 5.94. The van der Waals surface area contributed by atoms with Crippen LogP contribution >= 0.6 is 0 Å². The van der Waals surface area contributed by atoms with Crippen molar-refractivity contribution in [1.29, 1.82) is 0 Å². The number of hydrogen-bond acceptors (Lipinski definition) is 4. The SMILES string of the molecule is COCCN(Cc1ccc(OC)cc1)C(=O)c1ccc([C@H]2CCCC[C@@H]2C(=O)N[C@@H](C)c2ccccc2)cc1. The lowest BCUT2D eigenvalue weighted by Gasteiger charge is -2.32. The van der Waals surface area contributed by atoms with E-state index < -0.39 is 0 Å². The van der Waals surface area contributed by atoms with Crippen molar-refractivity contribution >= 4 is 11.8 Å². The van der Waals surface area contributed by atoms with Crippen LogP contribution in [0.3, 0.4) is 0 Å².